The molecule has 0 unspecified atom stereocenters. The number of cyclic esters (lactones) is 1. The fourth-order valence-corrected chi connectivity index (χ4v) is 2.39. The minimum absolute atomic E-state index is 0.0621. The smallest absolute Gasteiger partial charge is 0.383 e. The van der Waals surface area contributed by atoms with Crippen LogP contribution in [-0.4, -0.2) is 35.2 Å². The van der Waals surface area contributed by atoms with Crippen molar-refractivity contribution in [2.45, 2.75) is 13.0 Å². The Kier molecular flexibility index (Phi) is 4.60. The van der Waals surface area contributed by atoms with Gasteiger partial charge in [-0.2, -0.15) is 0 Å². The second-order valence-corrected chi connectivity index (χ2v) is 5.12. The maximum atomic E-state index is 11.6. The maximum absolute atomic E-state index is 11.6. The van der Waals surface area contributed by atoms with Crippen molar-refractivity contribution < 1.29 is 19.0 Å². The van der Waals surface area contributed by atoms with Crippen LogP contribution in [-0.2, 0) is 32.0 Å². The molecule has 0 N–H and O–H groups in total. The number of carbonyl (C=O) groups is 1. The van der Waals surface area contributed by atoms with Crippen LogP contribution in [0.5, 0.6) is 0 Å². The van der Waals surface area contributed by atoms with Gasteiger partial charge in [-0.25, -0.2) is 9.48 Å². The molecular weight excluding hydrogens is 310 g/mol. The first-order valence-electron chi connectivity index (χ1n) is 7.39. The van der Waals surface area contributed by atoms with Crippen LogP contribution in [0.4, 0.5) is 0 Å². The van der Waals surface area contributed by atoms with Crippen LogP contribution >= 0.6 is 0 Å². The van der Waals surface area contributed by atoms with E-state index < -0.39 is 5.97 Å². The van der Waals surface area contributed by atoms with E-state index in [-0.39, 0.29) is 11.5 Å². The molecule has 0 aliphatic carbocycles. The van der Waals surface area contributed by atoms with Gasteiger partial charge >= 0.3 is 5.97 Å². The summed E-state index contributed by atoms with van der Waals surface area (Å²) >= 11 is 0. The number of allylic oxidation sites excluding steroid dienone is 1. The third-order valence-electron chi connectivity index (χ3n) is 3.50. The van der Waals surface area contributed by atoms with E-state index in [2.05, 4.69) is 10.3 Å². The maximum Gasteiger partial charge on any atom is 0.383 e. The molecule has 0 bridgehead atoms. The van der Waals surface area contributed by atoms with Gasteiger partial charge in [0.2, 0.25) is 5.76 Å². The topological polar surface area (TPSA) is 75.5 Å². The summed E-state index contributed by atoms with van der Waals surface area (Å²) in [6.45, 7) is 0.397. The van der Waals surface area contributed by atoms with Gasteiger partial charge in [-0.05, 0) is 11.6 Å². The molecule has 24 heavy (non-hydrogen) atoms. The molecule has 3 rings (SSSR count). The Bertz CT molecular complexity index is 793. The van der Waals surface area contributed by atoms with Crippen LogP contribution in [0.15, 0.2) is 59.9 Å². The lowest BCUT2D eigenvalue weighted by molar-refractivity contribution is -0.136. The summed E-state index contributed by atoms with van der Waals surface area (Å²) < 4.78 is 16.9. The van der Waals surface area contributed by atoms with E-state index in [1.807, 2.05) is 36.5 Å². The molecule has 0 spiro atoms. The third-order valence-corrected chi connectivity index (χ3v) is 3.50. The van der Waals surface area contributed by atoms with Gasteiger partial charge in [0.05, 0.1) is 26.5 Å². The van der Waals surface area contributed by atoms with Crippen molar-refractivity contribution in [3.63, 3.8) is 0 Å². The molecule has 1 aliphatic heterocycles. The molecular formula is C17H17N3O4. The highest BCUT2D eigenvalue weighted by Crippen LogP contribution is 2.27. The first kappa shape index (κ1) is 15.8. The number of hydrogen-bond acceptors (Lipinski definition) is 6. The van der Waals surface area contributed by atoms with E-state index in [1.54, 1.807) is 10.8 Å². The van der Waals surface area contributed by atoms with Crippen molar-refractivity contribution >= 4 is 5.97 Å². The van der Waals surface area contributed by atoms with Crippen molar-refractivity contribution in [1.29, 1.82) is 0 Å². The van der Waals surface area contributed by atoms with E-state index in [4.69, 9.17) is 14.2 Å². The number of ether oxygens (including phenoxy) is 3. The number of nitrogens with zero attached hydrogens (tertiary/aromatic N) is 3. The van der Waals surface area contributed by atoms with Gasteiger partial charge < -0.3 is 14.2 Å². The van der Waals surface area contributed by atoms with Crippen LogP contribution < -0.4 is 0 Å². The molecule has 1 aromatic carbocycles. The van der Waals surface area contributed by atoms with Crippen molar-refractivity contribution in [2.24, 2.45) is 0 Å². The minimum Gasteiger partial charge on any atom is -0.490 e. The van der Waals surface area contributed by atoms with E-state index in [1.165, 1.54) is 19.8 Å². The fourth-order valence-electron chi connectivity index (χ4n) is 2.39. The van der Waals surface area contributed by atoms with Crippen molar-refractivity contribution in [3.05, 3.63) is 71.1 Å². The molecule has 124 valence electrons. The second kappa shape index (κ2) is 6.99. The minimum atomic E-state index is -0.566. The summed E-state index contributed by atoms with van der Waals surface area (Å²) in [4.78, 5) is 11.6. The van der Waals surface area contributed by atoms with Gasteiger partial charge in [0.25, 0.3) is 5.76 Å². The van der Waals surface area contributed by atoms with Crippen LogP contribution in [0.3, 0.4) is 0 Å². The Labute approximate surface area is 139 Å². The van der Waals surface area contributed by atoms with Crippen LogP contribution in [0.25, 0.3) is 0 Å². The molecule has 2 aromatic rings. The van der Waals surface area contributed by atoms with Crippen LogP contribution in [0.1, 0.15) is 11.3 Å². The zero-order valence-electron chi connectivity index (χ0n) is 13.4. The molecule has 1 aromatic heterocycles. The molecule has 7 nitrogen and oxygen atoms in total. The summed E-state index contributed by atoms with van der Waals surface area (Å²) in [6.07, 6.45) is 4.27. The number of rotatable bonds is 6. The quantitative estimate of drug-likeness (QED) is 0.753. The average molecular weight is 327 g/mol. The lowest BCUT2D eigenvalue weighted by Gasteiger charge is -2.02. The van der Waals surface area contributed by atoms with Gasteiger partial charge in [-0.1, -0.05) is 35.5 Å². The van der Waals surface area contributed by atoms with Gasteiger partial charge in [-0.3, -0.25) is 0 Å². The Morgan fingerprint density at radius 1 is 1.17 bits per heavy atom. The van der Waals surface area contributed by atoms with E-state index in [0.29, 0.717) is 18.7 Å². The molecule has 0 amide bonds. The van der Waals surface area contributed by atoms with Crippen molar-refractivity contribution in [2.75, 3.05) is 14.2 Å². The standard InChI is InChI=1S/C17H17N3O4/c1-22-15-14(24-17(21)16(15)23-2)8-9-20-11-13(18-19-20)10-12-6-4-3-5-7-12/h3-8,11H,9-10H2,1-2H3/b14-8-. The third kappa shape index (κ3) is 3.29. The lowest BCUT2D eigenvalue weighted by atomic mass is 10.1. The summed E-state index contributed by atoms with van der Waals surface area (Å²) in [5, 5.41) is 8.23. The molecule has 0 saturated heterocycles. The second-order valence-electron chi connectivity index (χ2n) is 5.12. The van der Waals surface area contributed by atoms with Gasteiger partial charge in [0.1, 0.15) is 0 Å². The molecule has 0 atom stereocenters. The first-order chi connectivity index (χ1) is 11.7. The predicted octanol–water partition coefficient (Wildman–Crippen LogP) is 1.81. The summed E-state index contributed by atoms with van der Waals surface area (Å²) in [5.41, 5.74) is 2.03. The predicted molar refractivity (Wildman–Crippen MR) is 84.5 cm³/mol. The normalized spacial score (nSPS) is 15.8. The monoisotopic (exact) mass is 327 g/mol. The summed E-state index contributed by atoms with van der Waals surface area (Å²) in [7, 11) is 2.85. The van der Waals surface area contributed by atoms with E-state index in [0.717, 1.165) is 5.69 Å². The first-order valence-corrected chi connectivity index (χ1v) is 7.39. The number of carbonyl (C=O) groups excluding carboxylic acids is 1. The van der Waals surface area contributed by atoms with Gasteiger partial charge in [0.15, 0.2) is 5.76 Å². The number of aromatic nitrogens is 3. The summed E-state index contributed by atoms with van der Waals surface area (Å²) in [5.74, 6) is 0.0997. The molecule has 0 fully saturated rings. The van der Waals surface area contributed by atoms with Crippen LogP contribution in [0, 0.1) is 0 Å². The Morgan fingerprint density at radius 3 is 2.62 bits per heavy atom. The Hall–Kier alpha value is -3.09. The highest BCUT2D eigenvalue weighted by Gasteiger charge is 2.32. The molecule has 1 aliphatic rings. The summed E-state index contributed by atoms with van der Waals surface area (Å²) in [6, 6.07) is 10.0. The van der Waals surface area contributed by atoms with E-state index in [9.17, 15) is 4.79 Å². The van der Waals surface area contributed by atoms with Gasteiger partial charge in [-0.15, -0.1) is 5.10 Å². The van der Waals surface area contributed by atoms with Crippen LogP contribution in [0.2, 0.25) is 0 Å². The number of benzene rings is 1. The molecule has 2 heterocycles. The number of esters is 1. The Balaban J connectivity index is 1.69. The zero-order valence-corrected chi connectivity index (χ0v) is 13.4. The SMILES string of the molecule is COC1=C(OC)/C(=C/Cn2cc(Cc3ccccc3)nn2)OC1=O. The highest BCUT2D eigenvalue weighted by atomic mass is 16.6. The number of hydrogen-bond donors (Lipinski definition) is 0. The highest BCUT2D eigenvalue weighted by molar-refractivity contribution is 5.91. The lowest BCUT2D eigenvalue weighted by Crippen LogP contribution is -2.01. The van der Waals surface area contributed by atoms with Crippen molar-refractivity contribution in [3.8, 4) is 0 Å². The number of methoxy groups -OCH3 is 2. The Morgan fingerprint density at radius 2 is 1.92 bits per heavy atom. The molecule has 0 saturated carbocycles. The average Bonchev–Trinajstić information content (AvgIpc) is 3.17. The van der Waals surface area contributed by atoms with Gasteiger partial charge in [0, 0.05) is 12.6 Å². The van der Waals surface area contributed by atoms with E-state index >= 15 is 0 Å². The zero-order chi connectivity index (χ0) is 16.9. The van der Waals surface area contributed by atoms with Crippen molar-refractivity contribution in [1.82, 2.24) is 15.0 Å². The fraction of sp³-hybridized carbons (Fsp3) is 0.235. The molecule has 7 heteroatoms. The molecule has 0 radical (unpaired) electrons. The largest absolute Gasteiger partial charge is 0.490 e.